The molecule has 0 aromatic rings. The summed E-state index contributed by atoms with van der Waals surface area (Å²) >= 11 is 1.81. The minimum Gasteiger partial charge on any atom is -0.368 e. The van der Waals surface area contributed by atoms with Gasteiger partial charge < -0.3 is 21.3 Å². The van der Waals surface area contributed by atoms with Crippen LogP contribution in [-0.2, 0) is 19.2 Å². The molecule has 0 spiro atoms. The van der Waals surface area contributed by atoms with Crippen LogP contribution in [0, 0.1) is 11.8 Å². The molecular weight excluding hydrogens is 392 g/mol. The molecule has 4 N–H and O–H groups in total. The molecule has 1 unspecified atom stereocenters. The highest BCUT2D eigenvalue weighted by atomic mass is 32.2. The number of likely N-dealkylation sites (tertiary alicyclic amines) is 1. The fraction of sp³-hybridized carbons (Fsp3) is 0.800. The lowest BCUT2D eigenvalue weighted by atomic mass is 10.0. The Bertz CT molecular complexity index is 605. The Morgan fingerprint density at radius 2 is 1.90 bits per heavy atom. The summed E-state index contributed by atoms with van der Waals surface area (Å²) in [7, 11) is 0. The number of rotatable bonds is 8. The van der Waals surface area contributed by atoms with E-state index in [9.17, 15) is 19.2 Å². The van der Waals surface area contributed by atoms with Gasteiger partial charge in [0.1, 0.15) is 12.1 Å². The smallest absolute Gasteiger partial charge is 0.243 e. The zero-order valence-corrected chi connectivity index (χ0v) is 18.3. The van der Waals surface area contributed by atoms with Gasteiger partial charge >= 0.3 is 0 Å². The van der Waals surface area contributed by atoms with Crippen molar-refractivity contribution < 1.29 is 19.2 Å². The molecule has 29 heavy (non-hydrogen) atoms. The number of hydrogen-bond acceptors (Lipinski definition) is 5. The Labute approximate surface area is 177 Å². The van der Waals surface area contributed by atoms with E-state index in [1.165, 1.54) is 0 Å². The van der Waals surface area contributed by atoms with Crippen LogP contribution in [0.2, 0.25) is 0 Å². The highest BCUT2D eigenvalue weighted by Crippen LogP contribution is 2.27. The molecule has 2 rings (SSSR count). The summed E-state index contributed by atoms with van der Waals surface area (Å²) in [5.41, 5.74) is 5.09. The van der Waals surface area contributed by atoms with Crippen LogP contribution >= 0.6 is 11.8 Å². The molecule has 4 amide bonds. The largest absolute Gasteiger partial charge is 0.368 e. The minimum atomic E-state index is -0.757. The number of amides is 4. The van der Waals surface area contributed by atoms with E-state index in [2.05, 4.69) is 10.6 Å². The first-order valence-corrected chi connectivity index (χ1v) is 11.7. The first-order chi connectivity index (χ1) is 13.8. The average Bonchev–Trinajstić information content (AvgIpc) is 2.99. The summed E-state index contributed by atoms with van der Waals surface area (Å²) in [6.45, 7) is 4.22. The molecular formula is C20H34N4O4S. The summed E-state index contributed by atoms with van der Waals surface area (Å²) < 4.78 is 0. The molecule has 2 saturated heterocycles. The van der Waals surface area contributed by atoms with Crippen molar-refractivity contribution in [2.75, 3.05) is 24.6 Å². The maximum absolute atomic E-state index is 13.0. The number of primary amides is 1. The monoisotopic (exact) mass is 426 g/mol. The quantitative estimate of drug-likeness (QED) is 0.526. The third-order valence-electron chi connectivity index (χ3n) is 5.38. The van der Waals surface area contributed by atoms with Gasteiger partial charge in [-0.25, -0.2) is 0 Å². The average molecular weight is 427 g/mol. The predicted octanol–water partition coefficient (Wildman–Crippen LogP) is 0.643. The van der Waals surface area contributed by atoms with E-state index in [-0.39, 0.29) is 30.2 Å². The van der Waals surface area contributed by atoms with Crippen LogP contribution in [0.5, 0.6) is 0 Å². The first kappa shape index (κ1) is 23.5. The molecule has 0 aromatic heterocycles. The Morgan fingerprint density at radius 3 is 2.59 bits per heavy atom. The van der Waals surface area contributed by atoms with Gasteiger partial charge in [-0.3, -0.25) is 19.2 Å². The normalized spacial score (nSPS) is 23.3. The summed E-state index contributed by atoms with van der Waals surface area (Å²) in [5.74, 6) is 0.752. The van der Waals surface area contributed by atoms with E-state index in [0.29, 0.717) is 19.4 Å². The zero-order chi connectivity index (χ0) is 21.4. The van der Waals surface area contributed by atoms with Gasteiger partial charge in [-0.1, -0.05) is 20.3 Å². The van der Waals surface area contributed by atoms with Crippen LogP contribution in [0.1, 0.15) is 52.4 Å². The molecule has 0 aliphatic carbocycles. The Morgan fingerprint density at radius 1 is 1.14 bits per heavy atom. The molecule has 2 heterocycles. The number of carbonyl (C=O) groups excluding carboxylic acids is 4. The van der Waals surface area contributed by atoms with Crippen LogP contribution in [-0.4, -0.2) is 65.2 Å². The van der Waals surface area contributed by atoms with Gasteiger partial charge in [0.15, 0.2) is 0 Å². The van der Waals surface area contributed by atoms with Crippen molar-refractivity contribution in [1.82, 2.24) is 15.5 Å². The molecule has 8 nitrogen and oxygen atoms in total. The highest BCUT2D eigenvalue weighted by Gasteiger charge is 2.38. The van der Waals surface area contributed by atoms with Crippen LogP contribution < -0.4 is 16.4 Å². The Kier molecular flexibility index (Phi) is 9.26. The first-order valence-electron chi connectivity index (χ1n) is 10.5. The molecule has 164 valence electrons. The highest BCUT2D eigenvalue weighted by molar-refractivity contribution is 7.99. The van der Waals surface area contributed by atoms with E-state index in [4.69, 9.17) is 5.73 Å². The second-order valence-electron chi connectivity index (χ2n) is 8.33. The van der Waals surface area contributed by atoms with Crippen molar-refractivity contribution in [3.05, 3.63) is 0 Å². The molecule has 0 bridgehead atoms. The maximum Gasteiger partial charge on any atom is 0.243 e. The van der Waals surface area contributed by atoms with E-state index in [0.717, 1.165) is 37.2 Å². The lowest BCUT2D eigenvalue weighted by molar-refractivity contribution is -0.142. The van der Waals surface area contributed by atoms with Crippen LogP contribution in [0.4, 0.5) is 0 Å². The Hall–Kier alpha value is -1.77. The van der Waals surface area contributed by atoms with E-state index < -0.39 is 23.9 Å². The van der Waals surface area contributed by atoms with E-state index >= 15 is 0 Å². The van der Waals surface area contributed by atoms with Crippen molar-refractivity contribution in [3.63, 3.8) is 0 Å². The number of carbonyl (C=O) groups is 4. The number of hydrogen-bond donors (Lipinski definition) is 3. The van der Waals surface area contributed by atoms with Gasteiger partial charge in [0.25, 0.3) is 0 Å². The molecule has 0 saturated carbocycles. The number of nitrogens with zero attached hydrogens (tertiary/aromatic N) is 1. The van der Waals surface area contributed by atoms with Crippen molar-refractivity contribution in [2.24, 2.45) is 17.6 Å². The number of nitrogens with two attached hydrogens (primary N) is 1. The lowest BCUT2D eigenvalue weighted by Crippen LogP contribution is -2.54. The van der Waals surface area contributed by atoms with Crippen molar-refractivity contribution in [1.29, 1.82) is 0 Å². The standard InChI is InChI=1S/C20H34N4O4S/c1-13(2)10-15(18(26)22-11-17(21)25)23-19(27)16-7-5-8-24(16)20(28)14-6-3-4-9-29-12-14/h13-16H,3-12H2,1-2H3,(H2,21,25)(H,22,26)(H,23,27)/t14?,15-,16-/m0/s1. The maximum atomic E-state index is 13.0. The second kappa shape index (κ2) is 11.4. The number of nitrogens with one attached hydrogen (secondary N) is 2. The minimum absolute atomic E-state index is 0.0266. The second-order valence-corrected chi connectivity index (χ2v) is 9.48. The lowest BCUT2D eigenvalue weighted by Gasteiger charge is -2.29. The fourth-order valence-electron chi connectivity index (χ4n) is 3.90. The van der Waals surface area contributed by atoms with Gasteiger partial charge in [-0.15, -0.1) is 0 Å². The topological polar surface area (TPSA) is 122 Å². The Balaban J connectivity index is 2.01. The van der Waals surface area contributed by atoms with Gasteiger partial charge in [0, 0.05) is 18.2 Å². The zero-order valence-electron chi connectivity index (χ0n) is 17.4. The number of thioether (sulfide) groups is 1. The van der Waals surface area contributed by atoms with Gasteiger partial charge in [-0.2, -0.15) is 11.8 Å². The molecule has 9 heteroatoms. The van der Waals surface area contributed by atoms with Gasteiger partial charge in [0.05, 0.1) is 6.54 Å². The fourth-order valence-corrected chi connectivity index (χ4v) is 5.07. The van der Waals surface area contributed by atoms with Gasteiger partial charge in [0.2, 0.25) is 23.6 Å². The van der Waals surface area contributed by atoms with Gasteiger partial charge in [-0.05, 0) is 43.8 Å². The van der Waals surface area contributed by atoms with Crippen LogP contribution in [0.15, 0.2) is 0 Å². The predicted molar refractivity (Wildman–Crippen MR) is 113 cm³/mol. The summed E-state index contributed by atoms with van der Waals surface area (Å²) in [6, 6.07) is -1.29. The van der Waals surface area contributed by atoms with Crippen LogP contribution in [0.25, 0.3) is 0 Å². The molecule has 2 fully saturated rings. The molecule has 2 aliphatic rings. The third-order valence-corrected chi connectivity index (χ3v) is 6.59. The van der Waals surface area contributed by atoms with Crippen molar-refractivity contribution in [3.8, 4) is 0 Å². The third kappa shape index (κ3) is 7.21. The summed E-state index contributed by atoms with van der Waals surface area (Å²) in [6.07, 6.45) is 4.89. The summed E-state index contributed by atoms with van der Waals surface area (Å²) in [5, 5.41) is 5.28. The van der Waals surface area contributed by atoms with Crippen molar-refractivity contribution in [2.45, 2.75) is 64.5 Å². The summed E-state index contributed by atoms with van der Waals surface area (Å²) in [4.78, 5) is 51.1. The van der Waals surface area contributed by atoms with E-state index in [1.54, 1.807) is 4.90 Å². The molecule has 2 aliphatic heterocycles. The van der Waals surface area contributed by atoms with Crippen LogP contribution in [0.3, 0.4) is 0 Å². The van der Waals surface area contributed by atoms with E-state index in [1.807, 2.05) is 25.6 Å². The SMILES string of the molecule is CC(C)C[C@H](NC(=O)[C@@H]1CCCN1C(=O)C1CCCCSC1)C(=O)NCC(N)=O. The molecule has 0 aromatic carbocycles. The van der Waals surface area contributed by atoms with Crippen molar-refractivity contribution >= 4 is 35.4 Å². The molecule has 3 atom stereocenters. The molecule has 0 radical (unpaired) electrons.